The first kappa shape index (κ1) is 14.5. The van der Waals surface area contributed by atoms with Gasteiger partial charge in [-0.1, -0.05) is 0 Å². The van der Waals surface area contributed by atoms with Crippen LogP contribution in [0.3, 0.4) is 0 Å². The van der Waals surface area contributed by atoms with Crippen molar-refractivity contribution in [3.8, 4) is 0 Å². The van der Waals surface area contributed by atoms with E-state index in [1.807, 2.05) is 18.7 Å². The number of hydrogen-bond donors (Lipinski definition) is 0. The van der Waals surface area contributed by atoms with Crippen molar-refractivity contribution >= 4 is 17.2 Å². The molecule has 0 spiro atoms. The fraction of sp³-hybridized carbons (Fsp3) is 0.714. The van der Waals surface area contributed by atoms with Crippen molar-refractivity contribution in [2.45, 2.75) is 39.2 Å². The molecule has 2 heterocycles. The molecule has 0 bridgehead atoms. The molecule has 1 fully saturated rings. The lowest BCUT2D eigenvalue weighted by Crippen LogP contribution is -2.33. The van der Waals surface area contributed by atoms with Gasteiger partial charge in [-0.25, -0.2) is 4.98 Å². The van der Waals surface area contributed by atoms with E-state index < -0.39 is 0 Å². The molecule has 0 saturated carbocycles. The van der Waals surface area contributed by atoms with Gasteiger partial charge in [0.15, 0.2) is 0 Å². The van der Waals surface area contributed by atoms with Gasteiger partial charge in [0.2, 0.25) is 0 Å². The Morgan fingerprint density at radius 3 is 2.63 bits per heavy atom. The summed E-state index contributed by atoms with van der Waals surface area (Å²) in [5.74, 6) is 0.169. The van der Waals surface area contributed by atoms with E-state index in [1.54, 1.807) is 0 Å². The van der Waals surface area contributed by atoms with Crippen molar-refractivity contribution in [2.75, 3.05) is 27.2 Å². The Morgan fingerprint density at radius 2 is 2.05 bits per heavy atom. The maximum Gasteiger partial charge on any atom is 0.265 e. The molecule has 1 aliphatic heterocycles. The lowest BCUT2D eigenvalue weighted by molar-refractivity contribution is 0.0762. The van der Waals surface area contributed by atoms with Gasteiger partial charge in [-0.2, -0.15) is 0 Å². The van der Waals surface area contributed by atoms with E-state index in [1.165, 1.54) is 17.8 Å². The SMILES string of the molecule is Cc1nc(C)c(C(=O)N2CCC[C@@H](N(C)C)CC2)s1. The highest BCUT2D eigenvalue weighted by Gasteiger charge is 2.24. The second kappa shape index (κ2) is 6.01. The quantitative estimate of drug-likeness (QED) is 0.834. The minimum absolute atomic E-state index is 0.169. The molecule has 106 valence electrons. The molecule has 0 aromatic carbocycles. The molecular weight excluding hydrogens is 258 g/mol. The van der Waals surface area contributed by atoms with Gasteiger partial charge in [0.25, 0.3) is 5.91 Å². The molecular formula is C14H23N3OS. The van der Waals surface area contributed by atoms with Gasteiger partial charge in [0.1, 0.15) is 4.88 Å². The van der Waals surface area contributed by atoms with Crippen molar-refractivity contribution in [1.29, 1.82) is 0 Å². The van der Waals surface area contributed by atoms with Crippen LogP contribution in [0.5, 0.6) is 0 Å². The number of carbonyl (C=O) groups is 1. The normalized spacial score (nSPS) is 20.7. The highest BCUT2D eigenvalue weighted by atomic mass is 32.1. The maximum atomic E-state index is 12.5. The van der Waals surface area contributed by atoms with Crippen molar-refractivity contribution < 1.29 is 4.79 Å². The lowest BCUT2D eigenvalue weighted by atomic mass is 10.1. The number of likely N-dealkylation sites (tertiary alicyclic amines) is 1. The Labute approximate surface area is 119 Å². The van der Waals surface area contributed by atoms with Crippen LogP contribution >= 0.6 is 11.3 Å². The van der Waals surface area contributed by atoms with Crippen LogP contribution in [0.4, 0.5) is 0 Å². The van der Waals surface area contributed by atoms with Crippen molar-refractivity contribution in [3.63, 3.8) is 0 Å². The van der Waals surface area contributed by atoms with E-state index >= 15 is 0 Å². The van der Waals surface area contributed by atoms with E-state index in [0.29, 0.717) is 6.04 Å². The number of thiazole rings is 1. The number of rotatable bonds is 2. The first-order chi connectivity index (χ1) is 8.99. The number of nitrogens with zero attached hydrogens (tertiary/aromatic N) is 3. The summed E-state index contributed by atoms with van der Waals surface area (Å²) >= 11 is 1.52. The molecule has 0 unspecified atom stereocenters. The van der Waals surface area contributed by atoms with E-state index in [-0.39, 0.29) is 5.91 Å². The Hall–Kier alpha value is -0.940. The van der Waals surface area contributed by atoms with E-state index in [0.717, 1.165) is 41.5 Å². The second-order valence-electron chi connectivity index (χ2n) is 5.49. The zero-order valence-electron chi connectivity index (χ0n) is 12.3. The van der Waals surface area contributed by atoms with Crippen molar-refractivity contribution in [2.24, 2.45) is 0 Å². The molecule has 0 N–H and O–H groups in total. The van der Waals surface area contributed by atoms with Crippen LogP contribution in [0.25, 0.3) is 0 Å². The fourth-order valence-corrected chi connectivity index (χ4v) is 3.56. The van der Waals surface area contributed by atoms with Crippen LogP contribution < -0.4 is 0 Å². The van der Waals surface area contributed by atoms with Gasteiger partial charge in [-0.05, 0) is 47.2 Å². The molecule has 0 aliphatic carbocycles. The molecule has 1 aliphatic rings. The van der Waals surface area contributed by atoms with Gasteiger partial charge in [0.05, 0.1) is 10.7 Å². The summed E-state index contributed by atoms with van der Waals surface area (Å²) < 4.78 is 0. The van der Waals surface area contributed by atoms with Crippen LogP contribution in [0.15, 0.2) is 0 Å². The topological polar surface area (TPSA) is 36.4 Å². The minimum Gasteiger partial charge on any atom is -0.338 e. The zero-order chi connectivity index (χ0) is 14.0. The Balaban J connectivity index is 2.06. The van der Waals surface area contributed by atoms with Crippen LogP contribution in [-0.2, 0) is 0 Å². The van der Waals surface area contributed by atoms with Gasteiger partial charge in [-0.15, -0.1) is 11.3 Å². The number of amides is 1. The summed E-state index contributed by atoms with van der Waals surface area (Å²) in [6.07, 6.45) is 3.33. The molecule has 5 heteroatoms. The predicted molar refractivity (Wildman–Crippen MR) is 78.8 cm³/mol. The van der Waals surface area contributed by atoms with Crippen LogP contribution in [0, 0.1) is 13.8 Å². The highest BCUT2D eigenvalue weighted by Crippen LogP contribution is 2.22. The second-order valence-corrected chi connectivity index (χ2v) is 6.69. The van der Waals surface area contributed by atoms with E-state index in [4.69, 9.17) is 0 Å². The Morgan fingerprint density at radius 1 is 1.32 bits per heavy atom. The van der Waals surface area contributed by atoms with Gasteiger partial charge < -0.3 is 9.80 Å². The number of hydrogen-bond acceptors (Lipinski definition) is 4. The van der Waals surface area contributed by atoms with Crippen LogP contribution in [0.2, 0.25) is 0 Å². The van der Waals surface area contributed by atoms with Gasteiger partial charge >= 0.3 is 0 Å². The molecule has 2 rings (SSSR count). The largest absolute Gasteiger partial charge is 0.338 e. The molecule has 0 radical (unpaired) electrons. The van der Waals surface area contributed by atoms with Crippen LogP contribution in [-0.4, -0.2) is 53.9 Å². The zero-order valence-corrected chi connectivity index (χ0v) is 13.1. The van der Waals surface area contributed by atoms with Gasteiger partial charge in [0, 0.05) is 19.1 Å². The van der Waals surface area contributed by atoms with Crippen molar-refractivity contribution in [1.82, 2.24) is 14.8 Å². The average Bonchev–Trinajstić information content (AvgIpc) is 2.57. The molecule has 1 amide bonds. The van der Waals surface area contributed by atoms with E-state index in [2.05, 4.69) is 24.0 Å². The average molecular weight is 281 g/mol. The number of aryl methyl sites for hydroxylation is 2. The number of carbonyl (C=O) groups excluding carboxylic acids is 1. The Bertz CT molecular complexity index is 456. The first-order valence-electron chi connectivity index (χ1n) is 6.88. The Kier molecular flexibility index (Phi) is 4.58. The molecule has 1 aromatic heterocycles. The van der Waals surface area contributed by atoms with E-state index in [9.17, 15) is 4.79 Å². The molecule has 1 atom stereocenters. The highest BCUT2D eigenvalue weighted by molar-refractivity contribution is 7.13. The standard InChI is InChI=1S/C14H23N3OS/c1-10-13(19-11(2)15-10)14(18)17-8-5-6-12(7-9-17)16(3)4/h12H,5-9H2,1-4H3/t12-/m1/s1. The third-order valence-electron chi connectivity index (χ3n) is 3.81. The molecule has 19 heavy (non-hydrogen) atoms. The maximum absolute atomic E-state index is 12.5. The van der Waals surface area contributed by atoms with Crippen LogP contribution in [0.1, 0.15) is 39.6 Å². The third kappa shape index (κ3) is 3.34. The smallest absolute Gasteiger partial charge is 0.265 e. The molecule has 1 aromatic rings. The fourth-order valence-electron chi connectivity index (χ4n) is 2.67. The van der Waals surface area contributed by atoms with Crippen molar-refractivity contribution in [3.05, 3.63) is 15.6 Å². The summed E-state index contributed by atoms with van der Waals surface area (Å²) in [6, 6.07) is 0.599. The molecule has 4 nitrogen and oxygen atoms in total. The summed E-state index contributed by atoms with van der Waals surface area (Å²) in [5, 5.41) is 0.974. The summed E-state index contributed by atoms with van der Waals surface area (Å²) in [5.41, 5.74) is 0.876. The monoisotopic (exact) mass is 281 g/mol. The summed E-state index contributed by atoms with van der Waals surface area (Å²) in [7, 11) is 4.25. The predicted octanol–water partition coefficient (Wildman–Crippen LogP) is 2.32. The number of aromatic nitrogens is 1. The third-order valence-corrected chi connectivity index (χ3v) is 4.87. The minimum atomic E-state index is 0.169. The van der Waals surface area contributed by atoms with Gasteiger partial charge in [-0.3, -0.25) is 4.79 Å². The first-order valence-corrected chi connectivity index (χ1v) is 7.70. The lowest BCUT2D eigenvalue weighted by Gasteiger charge is -2.23. The summed E-state index contributed by atoms with van der Waals surface area (Å²) in [6.45, 7) is 5.62. The summed E-state index contributed by atoms with van der Waals surface area (Å²) in [4.78, 5) is 22.0. The molecule has 1 saturated heterocycles.